The molecule has 41 heavy (non-hydrogen) atoms. The summed E-state index contributed by atoms with van der Waals surface area (Å²) in [6, 6.07) is 8.47. The van der Waals surface area contributed by atoms with Gasteiger partial charge < -0.3 is 20.0 Å². The molecule has 0 saturated carbocycles. The molecule has 6 nitrogen and oxygen atoms in total. The van der Waals surface area contributed by atoms with E-state index in [0.29, 0.717) is 24.6 Å². The molecule has 3 rings (SSSR count). The molecular weight excluding hydrogens is 555 g/mol. The molecule has 4 bridgehead atoms. The third-order valence-electron chi connectivity index (χ3n) is 7.93. The minimum absolute atomic E-state index is 0. The number of phenols is 2. The fourth-order valence-electron chi connectivity index (χ4n) is 5.25. The van der Waals surface area contributed by atoms with Crippen LogP contribution in [-0.4, -0.2) is 62.9 Å². The summed E-state index contributed by atoms with van der Waals surface area (Å²) in [4.78, 5) is 12.0. The molecule has 1 aliphatic heterocycles. The van der Waals surface area contributed by atoms with Crippen LogP contribution >= 0.6 is 0 Å². The molecule has 4 N–H and O–H groups in total. The van der Waals surface area contributed by atoms with Crippen molar-refractivity contribution in [2.24, 2.45) is 9.98 Å². The first kappa shape index (κ1) is 35.0. The predicted octanol–water partition coefficient (Wildman–Crippen LogP) is 3.83. The van der Waals surface area contributed by atoms with Crippen molar-refractivity contribution in [2.45, 2.75) is 91.1 Å². The second-order valence-electron chi connectivity index (χ2n) is 13.9. The number of nitrogens with zero attached hydrogens (tertiary/aromatic N) is 2. The number of hydrogen-bond acceptors (Lipinski definition) is 4. The van der Waals surface area contributed by atoms with E-state index < -0.39 is 0 Å². The van der Waals surface area contributed by atoms with E-state index in [1.807, 2.05) is 0 Å². The molecule has 0 amide bonds. The van der Waals surface area contributed by atoms with Gasteiger partial charge in [0.25, 0.3) is 0 Å². The SMILES string of the molecule is C[NH+]1CCCCCC[NH+](C)Cc2cc(C(C)(C)C)cc(c2O)C=NCCN=Cc2cc(C(C)(C)C)cc(c2O)C1.[Ni]. The van der Waals surface area contributed by atoms with Gasteiger partial charge in [0, 0.05) is 51.2 Å². The summed E-state index contributed by atoms with van der Waals surface area (Å²) in [7, 11) is 4.44. The molecule has 2 aromatic rings. The van der Waals surface area contributed by atoms with E-state index in [1.165, 1.54) is 46.6 Å². The largest absolute Gasteiger partial charge is 0.507 e. The molecule has 7 heteroatoms. The average Bonchev–Trinajstić information content (AvgIpc) is 2.85. The number of benzene rings is 2. The van der Waals surface area contributed by atoms with Gasteiger partial charge in [0.05, 0.1) is 40.3 Å². The second-order valence-corrected chi connectivity index (χ2v) is 13.9. The van der Waals surface area contributed by atoms with Crippen LogP contribution in [0.25, 0.3) is 0 Å². The Hall–Kier alpha value is -2.21. The van der Waals surface area contributed by atoms with Crippen molar-refractivity contribution in [1.82, 2.24) is 0 Å². The Morgan fingerprint density at radius 1 is 0.610 bits per heavy atom. The molecule has 1 aliphatic rings. The number of fused-ring (bicyclic) bond motifs is 4. The monoisotopic (exact) mass is 608 g/mol. The van der Waals surface area contributed by atoms with Crippen molar-refractivity contribution in [2.75, 3.05) is 40.3 Å². The summed E-state index contributed by atoms with van der Waals surface area (Å²) in [5.41, 5.74) is 5.89. The number of aromatic hydroxyl groups is 2. The summed E-state index contributed by atoms with van der Waals surface area (Å²) >= 11 is 0. The number of quaternary nitrogens is 2. The van der Waals surface area contributed by atoms with Crippen LogP contribution in [-0.2, 0) is 40.4 Å². The van der Waals surface area contributed by atoms with Crippen molar-refractivity contribution >= 4 is 12.4 Å². The van der Waals surface area contributed by atoms with Crippen molar-refractivity contribution in [3.8, 4) is 11.5 Å². The Morgan fingerprint density at radius 2 is 0.976 bits per heavy atom. The van der Waals surface area contributed by atoms with Gasteiger partial charge in [-0.25, -0.2) is 0 Å². The van der Waals surface area contributed by atoms with Crippen molar-refractivity contribution in [1.29, 1.82) is 0 Å². The minimum Gasteiger partial charge on any atom is -0.507 e. The van der Waals surface area contributed by atoms with Gasteiger partial charge in [-0.05, 0) is 71.9 Å². The fraction of sp³-hybridized carbons (Fsp3) is 0.588. The molecule has 1 heterocycles. The van der Waals surface area contributed by atoms with Gasteiger partial charge >= 0.3 is 0 Å². The summed E-state index contributed by atoms with van der Waals surface area (Å²) in [6.45, 7) is 18.0. The van der Waals surface area contributed by atoms with Crippen LogP contribution in [0.3, 0.4) is 0 Å². The van der Waals surface area contributed by atoms with Crippen LogP contribution in [0.2, 0.25) is 0 Å². The second kappa shape index (κ2) is 15.3. The van der Waals surface area contributed by atoms with E-state index in [0.717, 1.165) is 48.4 Å². The summed E-state index contributed by atoms with van der Waals surface area (Å²) in [5.74, 6) is 0.674. The maximum Gasteiger partial charge on any atom is 0.133 e. The molecule has 0 saturated heterocycles. The molecule has 2 atom stereocenters. The van der Waals surface area contributed by atoms with Crippen molar-refractivity contribution < 1.29 is 36.5 Å². The quantitative estimate of drug-likeness (QED) is 0.343. The molecule has 230 valence electrons. The van der Waals surface area contributed by atoms with Gasteiger partial charge in [-0.15, -0.1) is 0 Å². The Morgan fingerprint density at radius 3 is 1.32 bits per heavy atom. The molecule has 0 radical (unpaired) electrons. The van der Waals surface area contributed by atoms with Gasteiger partial charge in [0.15, 0.2) is 0 Å². The van der Waals surface area contributed by atoms with Gasteiger partial charge in [0.2, 0.25) is 0 Å². The van der Waals surface area contributed by atoms with Crippen molar-refractivity contribution in [3.05, 3.63) is 57.6 Å². The normalized spacial score (nSPS) is 20.0. The third-order valence-corrected chi connectivity index (χ3v) is 7.93. The molecule has 2 aromatic carbocycles. The van der Waals surface area contributed by atoms with E-state index in [2.05, 4.69) is 89.9 Å². The number of phenolic OH excluding ortho intramolecular Hbond substituents is 2. The maximum atomic E-state index is 11.1. The first-order chi connectivity index (χ1) is 18.8. The third kappa shape index (κ3) is 10.5. The number of rotatable bonds is 0. The maximum absolute atomic E-state index is 11.1. The zero-order valence-corrected chi connectivity index (χ0v) is 27.6. The van der Waals surface area contributed by atoms with Gasteiger partial charge in [-0.2, -0.15) is 0 Å². The zero-order chi connectivity index (χ0) is 29.5. The molecular formula is C34H54N4NiO2+2. The van der Waals surface area contributed by atoms with E-state index in [1.54, 1.807) is 12.4 Å². The van der Waals surface area contributed by atoms with Crippen LogP contribution in [0.5, 0.6) is 11.5 Å². The first-order valence-electron chi connectivity index (χ1n) is 15.1. The minimum atomic E-state index is -0.0220. The first-order valence-corrected chi connectivity index (χ1v) is 15.1. The number of aliphatic imine (C=N–C) groups is 2. The Kier molecular flexibility index (Phi) is 13.1. The van der Waals surface area contributed by atoms with Gasteiger partial charge in [-0.3, -0.25) is 9.98 Å². The number of hydrogen-bond donors (Lipinski definition) is 4. The van der Waals surface area contributed by atoms with Crippen LogP contribution in [0.1, 0.15) is 101 Å². The van der Waals surface area contributed by atoms with Gasteiger partial charge in [0.1, 0.15) is 24.6 Å². The Bertz CT molecular complexity index is 1100. The Balaban J connectivity index is 0.00000588. The van der Waals surface area contributed by atoms with Crippen LogP contribution in [0.4, 0.5) is 0 Å². The fourth-order valence-corrected chi connectivity index (χ4v) is 5.25. The molecule has 0 aliphatic carbocycles. The van der Waals surface area contributed by atoms with Crippen LogP contribution in [0.15, 0.2) is 34.3 Å². The molecule has 0 spiro atoms. The average molecular weight is 610 g/mol. The summed E-state index contributed by atoms with van der Waals surface area (Å²) in [6.07, 6.45) is 8.36. The van der Waals surface area contributed by atoms with E-state index in [9.17, 15) is 10.2 Å². The predicted molar refractivity (Wildman–Crippen MR) is 168 cm³/mol. The topological polar surface area (TPSA) is 74.1 Å². The van der Waals surface area contributed by atoms with Gasteiger partial charge in [-0.1, -0.05) is 41.5 Å². The molecule has 2 unspecified atom stereocenters. The summed E-state index contributed by atoms with van der Waals surface area (Å²) in [5, 5.41) is 22.3. The standard InChI is InChI=1S/C34H52N4O2.Ni/c1-33(2,3)29-17-25-21-35-13-14-36-22-26-18-30(34(4,5)6)20-28(32(26)40)24-38(8)16-12-10-9-11-15-37(7)23-27(19-29)31(25)39;/h17-22,39-40H,9-16,23-24H2,1-8H3;/p+2. The number of nitrogens with one attached hydrogen (secondary N) is 2. The van der Waals surface area contributed by atoms with Crippen LogP contribution < -0.4 is 9.80 Å². The van der Waals surface area contributed by atoms with E-state index >= 15 is 0 Å². The molecule has 0 aromatic heterocycles. The van der Waals surface area contributed by atoms with Crippen LogP contribution in [0, 0.1) is 0 Å². The van der Waals surface area contributed by atoms with Crippen molar-refractivity contribution in [3.63, 3.8) is 0 Å². The zero-order valence-electron chi connectivity index (χ0n) is 26.6. The Labute approximate surface area is 258 Å². The molecule has 0 fully saturated rings. The van der Waals surface area contributed by atoms with E-state index in [4.69, 9.17) is 0 Å². The summed E-state index contributed by atoms with van der Waals surface area (Å²) < 4.78 is 0. The smallest absolute Gasteiger partial charge is 0.133 e. The van der Waals surface area contributed by atoms with E-state index in [-0.39, 0.29) is 27.3 Å².